The van der Waals surface area contributed by atoms with Crippen LogP contribution in [-0.2, 0) is 4.79 Å². The monoisotopic (exact) mass is 371 g/mol. The zero-order chi connectivity index (χ0) is 19.1. The number of pyridine rings is 1. The van der Waals surface area contributed by atoms with Crippen molar-refractivity contribution in [1.29, 1.82) is 0 Å². The van der Waals surface area contributed by atoms with Gasteiger partial charge in [0.25, 0.3) is 5.91 Å². The van der Waals surface area contributed by atoms with Crippen LogP contribution in [0.25, 0.3) is 0 Å². The van der Waals surface area contributed by atoms with E-state index in [9.17, 15) is 9.59 Å². The molecule has 2 rings (SSSR count). The van der Waals surface area contributed by atoms with Crippen LogP contribution < -0.4 is 15.4 Å². The van der Waals surface area contributed by atoms with E-state index in [1.807, 2.05) is 13.8 Å². The van der Waals surface area contributed by atoms with Gasteiger partial charge in [-0.3, -0.25) is 9.59 Å². The Bertz CT molecular complexity index is 859. The maximum Gasteiger partial charge on any atom is 0.253 e. The van der Waals surface area contributed by atoms with E-state index in [1.165, 1.54) is 12.3 Å². The van der Waals surface area contributed by atoms with Crippen molar-refractivity contribution in [3.05, 3.63) is 52.7 Å². The van der Waals surface area contributed by atoms with Gasteiger partial charge in [0.1, 0.15) is 5.02 Å². The second-order valence-corrected chi connectivity index (χ2v) is 6.04. The smallest absolute Gasteiger partial charge is 0.253 e. The van der Waals surface area contributed by atoms with E-state index < -0.39 is 5.91 Å². The average Bonchev–Trinajstić information content (AvgIpc) is 2.61. The number of rotatable bonds is 6. The second-order valence-electron chi connectivity index (χ2n) is 5.63. The van der Waals surface area contributed by atoms with Gasteiger partial charge in [-0.15, -0.1) is 6.42 Å². The van der Waals surface area contributed by atoms with Gasteiger partial charge in [0.15, 0.2) is 0 Å². The lowest BCUT2D eigenvalue weighted by Crippen LogP contribution is -2.33. The van der Waals surface area contributed by atoms with Crippen LogP contribution in [0.3, 0.4) is 0 Å². The van der Waals surface area contributed by atoms with Crippen LogP contribution in [0.1, 0.15) is 29.8 Å². The number of amides is 2. The van der Waals surface area contributed by atoms with Gasteiger partial charge in [-0.05, 0) is 38.1 Å². The van der Waals surface area contributed by atoms with Crippen molar-refractivity contribution < 1.29 is 14.3 Å². The molecule has 0 aliphatic carbocycles. The predicted octanol–water partition coefficient (Wildman–Crippen LogP) is 2.87. The van der Waals surface area contributed by atoms with Crippen molar-refractivity contribution in [2.24, 2.45) is 0 Å². The summed E-state index contributed by atoms with van der Waals surface area (Å²) < 4.78 is 5.41. The number of ether oxygens (including phenoxy) is 1. The largest absolute Gasteiger partial charge is 0.474 e. The summed E-state index contributed by atoms with van der Waals surface area (Å²) in [6.45, 7) is 3.48. The van der Waals surface area contributed by atoms with Gasteiger partial charge in [0.05, 0.1) is 18.2 Å². The number of benzene rings is 1. The van der Waals surface area contributed by atoms with Crippen molar-refractivity contribution >= 4 is 29.1 Å². The number of aromatic nitrogens is 1. The summed E-state index contributed by atoms with van der Waals surface area (Å²) in [5.74, 6) is 1.88. The number of carbonyl (C=O) groups excluding carboxylic acids is 2. The summed E-state index contributed by atoms with van der Waals surface area (Å²) in [5, 5.41) is 5.38. The molecular formula is C19H18ClN3O3. The molecule has 0 radical (unpaired) electrons. The molecule has 7 heteroatoms. The first-order valence-corrected chi connectivity index (χ1v) is 8.23. The summed E-state index contributed by atoms with van der Waals surface area (Å²) in [6.07, 6.45) is 6.57. The van der Waals surface area contributed by atoms with Crippen LogP contribution in [0.4, 0.5) is 5.69 Å². The molecule has 0 aliphatic rings. The van der Waals surface area contributed by atoms with Gasteiger partial charge < -0.3 is 15.4 Å². The Morgan fingerprint density at radius 1 is 1.35 bits per heavy atom. The molecule has 26 heavy (non-hydrogen) atoms. The van der Waals surface area contributed by atoms with Crippen molar-refractivity contribution in [2.75, 3.05) is 11.9 Å². The van der Waals surface area contributed by atoms with Gasteiger partial charge in [0, 0.05) is 17.4 Å². The molecule has 0 aliphatic heterocycles. The highest BCUT2D eigenvalue weighted by Crippen LogP contribution is 2.23. The Morgan fingerprint density at radius 3 is 2.77 bits per heavy atom. The predicted molar refractivity (Wildman–Crippen MR) is 100 cm³/mol. The number of anilines is 1. The number of terminal acetylenes is 1. The summed E-state index contributed by atoms with van der Waals surface area (Å²) in [5.41, 5.74) is 1.43. The highest BCUT2D eigenvalue weighted by Gasteiger charge is 2.13. The lowest BCUT2D eigenvalue weighted by atomic mass is 10.2. The first-order chi connectivity index (χ1) is 12.4. The van der Waals surface area contributed by atoms with Crippen LogP contribution in [-0.4, -0.2) is 29.4 Å². The van der Waals surface area contributed by atoms with Crippen LogP contribution in [0.5, 0.6) is 5.88 Å². The lowest BCUT2D eigenvalue weighted by Gasteiger charge is -2.11. The van der Waals surface area contributed by atoms with E-state index in [2.05, 4.69) is 21.5 Å². The number of carbonyl (C=O) groups is 2. The molecule has 0 saturated heterocycles. The molecule has 0 saturated carbocycles. The van der Waals surface area contributed by atoms with Crippen LogP contribution >= 0.6 is 11.6 Å². The maximum atomic E-state index is 12.1. The van der Waals surface area contributed by atoms with Crippen LogP contribution in [0.2, 0.25) is 5.02 Å². The minimum atomic E-state index is -0.469. The third-order valence-corrected chi connectivity index (χ3v) is 3.41. The number of nitrogens with zero attached hydrogens (tertiary/aromatic N) is 1. The SMILES string of the molecule is C#Cc1cccc(NC(=O)CNC(=O)c2cnc(OC(C)C)c(Cl)c2)c1. The quantitative estimate of drug-likeness (QED) is 0.765. The molecule has 2 aromatic rings. The summed E-state index contributed by atoms with van der Waals surface area (Å²) in [7, 11) is 0. The second kappa shape index (κ2) is 8.88. The molecule has 1 heterocycles. The molecule has 0 spiro atoms. The van der Waals surface area contributed by atoms with Gasteiger partial charge >= 0.3 is 0 Å². The maximum absolute atomic E-state index is 12.1. The summed E-state index contributed by atoms with van der Waals surface area (Å²) in [6, 6.07) is 8.29. The molecule has 6 nitrogen and oxygen atoms in total. The number of hydrogen-bond donors (Lipinski definition) is 2. The van der Waals surface area contributed by atoms with E-state index in [0.717, 1.165) is 0 Å². The minimum Gasteiger partial charge on any atom is -0.474 e. The Hall–Kier alpha value is -3.04. The van der Waals surface area contributed by atoms with Crippen LogP contribution in [0, 0.1) is 12.3 Å². The van der Waals surface area contributed by atoms with Crippen molar-refractivity contribution in [2.45, 2.75) is 20.0 Å². The Labute approximate surface area is 156 Å². The fourth-order valence-corrected chi connectivity index (χ4v) is 2.22. The Kier molecular flexibility index (Phi) is 6.59. The minimum absolute atomic E-state index is 0.0867. The molecule has 2 N–H and O–H groups in total. The first-order valence-electron chi connectivity index (χ1n) is 7.86. The number of nitrogens with one attached hydrogen (secondary N) is 2. The van der Waals surface area contributed by atoms with Crippen molar-refractivity contribution in [3.63, 3.8) is 0 Å². The third kappa shape index (κ3) is 5.50. The van der Waals surface area contributed by atoms with E-state index >= 15 is 0 Å². The number of hydrogen-bond acceptors (Lipinski definition) is 4. The molecule has 0 atom stereocenters. The standard InChI is InChI=1S/C19H18ClN3O3/c1-4-13-6-5-7-15(8-13)23-17(24)11-21-18(25)14-9-16(20)19(22-10-14)26-12(2)3/h1,5-10,12H,11H2,2-3H3,(H,21,25)(H,23,24). The zero-order valence-electron chi connectivity index (χ0n) is 14.4. The molecule has 134 valence electrons. The average molecular weight is 372 g/mol. The van der Waals surface area contributed by atoms with Gasteiger partial charge in [-0.25, -0.2) is 4.98 Å². The molecule has 0 bridgehead atoms. The summed E-state index contributed by atoms with van der Waals surface area (Å²) >= 11 is 6.05. The van der Waals surface area contributed by atoms with E-state index in [0.29, 0.717) is 11.3 Å². The normalized spacial score (nSPS) is 10.1. The van der Waals surface area contributed by atoms with Gasteiger partial charge in [-0.1, -0.05) is 23.6 Å². The third-order valence-electron chi connectivity index (χ3n) is 3.14. The molecular weight excluding hydrogens is 354 g/mol. The molecule has 0 fully saturated rings. The Morgan fingerprint density at radius 2 is 2.12 bits per heavy atom. The molecule has 1 aromatic carbocycles. The fourth-order valence-electron chi connectivity index (χ4n) is 2.01. The molecule has 1 aromatic heterocycles. The van der Waals surface area contributed by atoms with E-state index in [1.54, 1.807) is 24.3 Å². The van der Waals surface area contributed by atoms with E-state index in [4.69, 9.17) is 22.8 Å². The zero-order valence-corrected chi connectivity index (χ0v) is 15.1. The first kappa shape index (κ1) is 19.3. The highest BCUT2D eigenvalue weighted by molar-refractivity contribution is 6.32. The highest BCUT2D eigenvalue weighted by atomic mass is 35.5. The Balaban J connectivity index is 1.92. The van der Waals surface area contributed by atoms with Crippen molar-refractivity contribution in [3.8, 4) is 18.2 Å². The van der Waals surface area contributed by atoms with Gasteiger partial charge in [-0.2, -0.15) is 0 Å². The van der Waals surface area contributed by atoms with Gasteiger partial charge in [0.2, 0.25) is 11.8 Å². The number of halogens is 1. The molecule has 0 unspecified atom stereocenters. The lowest BCUT2D eigenvalue weighted by molar-refractivity contribution is -0.115. The van der Waals surface area contributed by atoms with E-state index in [-0.39, 0.29) is 35.0 Å². The molecule has 2 amide bonds. The van der Waals surface area contributed by atoms with Crippen molar-refractivity contribution in [1.82, 2.24) is 10.3 Å². The topological polar surface area (TPSA) is 80.3 Å². The fraction of sp³-hybridized carbons (Fsp3) is 0.211. The summed E-state index contributed by atoms with van der Waals surface area (Å²) in [4.78, 5) is 28.1. The van der Waals surface area contributed by atoms with Crippen LogP contribution in [0.15, 0.2) is 36.5 Å².